The van der Waals surface area contributed by atoms with Crippen molar-refractivity contribution in [3.05, 3.63) is 56.5 Å². The van der Waals surface area contributed by atoms with E-state index in [1.165, 1.54) is 25.3 Å². The summed E-state index contributed by atoms with van der Waals surface area (Å²) in [6.07, 6.45) is 1.64. The molecule has 1 amide bonds. The third kappa shape index (κ3) is 4.55. The molecule has 3 rings (SSSR count). The number of anilines is 1. The van der Waals surface area contributed by atoms with Crippen LogP contribution in [0, 0.1) is 11.3 Å². The molecule has 0 atom stereocenters. The summed E-state index contributed by atoms with van der Waals surface area (Å²) in [5.41, 5.74) is 1.57. The molecule has 2 aromatic rings. The maximum absolute atomic E-state index is 13.0. The van der Waals surface area contributed by atoms with Gasteiger partial charge in [0.2, 0.25) is 0 Å². The number of hydrazone groups is 1. The lowest BCUT2D eigenvalue weighted by molar-refractivity contribution is -0.114. The number of hydrogen-bond acceptors (Lipinski definition) is 6. The fraction of sp³-hybridized carbons (Fsp3) is 0.143. The van der Waals surface area contributed by atoms with Gasteiger partial charge in [-0.05, 0) is 64.8 Å². The number of carbonyl (C=O) groups is 2. The van der Waals surface area contributed by atoms with Crippen LogP contribution in [0.4, 0.5) is 5.69 Å². The lowest BCUT2D eigenvalue weighted by Crippen LogP contribution is -2.21. The molecule has 1 heterocycles. The third-order valence-electron chi connectivity index (χ3n) is 4.33. The first-order valence-corrected chi connectivity index (χ1v) is 9.95. The summed E-state index contributed by atoms with van der Waals surface area (Å²) in [7, 11) is 1.47. The van der Waals surface area contributed by atoms with Gasteiger partial charge in [0, 0.05) is 0 Å². The second kappa shape index (κ2) is 9.20. The Morgan fingerprint density at radius 1 is 1.39 bits per heavy atom. The van der Waals surface area contributed by atoms with Gasteiger partial charge >= 0.3 is 5.97 Å². The van der Waals surface area contributed by atoms with E-state index in [9.17, 15) is 14.7 Å². The first kappa shape index (κ1) is 22.3. The number of hydrogen-bond donors (Lipinski definition) is 1. The number of ether oxygens (including phenoxy) is 2. The quantitative estimate of drug-likeness (QED) is 0.579. The molecule has 0 saturated heterocycles. The van der Waals surface area contributed by atoms with Crippen molar-refractivity contribution in [3.8, 4) is 17.6 Å². The maximum atomic E-state index is 13.0. The minimum absolute atomic E-state index is 0.0648. The fourth-order valence-corrected chi connectivity index (χ4v) is 3.68. The lowest BCUT2D eigenvalue weighted by Gasteiger charge is -2.13. The van der Waals surface area contributed by atoms with Gasteiger partial charge in [0.05, 0.1) is 39.1 Å². The van der Waals surface area contributed by atoms with Crippen LogP contribution in [-0.4, -0.2) is 36.4 Å². The Bertz CT molecular complexity index is 1190. The van der Waals surface area contributed by atoms with Crippen LogP contribution in [0.25, 0.3) is 6.08 Å². The average molecular weight is 505 g/mol. The van der Waals surface area contributed by atoms with E-state index in [0.717, 1.165) is 5.01 Å². The SMILES string of the molecule is COc1cc(/C=C2/C(=O)N(c3ccc(Cl)c(C(=O)O)c3)N=C2C)cc(Br)c1OCC#N. The molecule has 0 radical (unpaired) electrons. The monoisotopic (exact) mass is 503 g/mol. The van der Waals surface area contributed by atoms with E-state index < -0.39 is 11.9 Å². The van der Waals surface area contributed by atoms with Gasteiger partial charge in [0.25, 0.3) is 5.91 Å². The number of carboxylic acid groups (broad SMARTS) is 1. The number of amides is 1. The summed E-state index contributed by atoms with van der Waals surface area (Å²) >= 11 is 9.30. The van der Waals surface area contributed by atoms with E-state index in [1.807, 2.05) is 6.07 Å². The van der Waals surface area contributed by atoms with Gasteiger partial charge in [0.1, 0.15) is 6.07 Å². The summed E-state index contributed by atoms with van der Waals surface area (Å²) in [5, 5.41) is 23.5. The summed E-state index contributed by atoms with van der Waals surface area (Å²) < 4.78 is 11.3. The second-order valence-corrected chi connectivity index (χ2v) is 7.57. The molecule has 0 fully saturated rings. The number of nitrogens with zero attached hydrogens (tertiary/aromatic N) is 3. The number of rotatable bonds is 6. The molecule has 8 nitrogen and oxygen atoms in total. The second-order valence-electron chi connectivity index (χ2n) is 6.31. The van der Waals surface area contributed by atoms with E-state index >= 15 is 0 Å². The van der Waals surface area contributed by atoms with Crippen LogP contribution >= 0.6 is 27.5 Å². The molecule has 31 heavy (non-hydrogen) atoms. The van der Waals surface area contributed by atoms with Crippen molar-refractivity contribution < 1.29 is 24.2 Å². The van der Waals surface area contributed by atoms with Crippen LogP contribution in [0.15, 0.2) is 45.5 Å². The number of aromatic carboxylic acids is 1. The zero-order valence-electron chi connectivity index (χ0n) is 16.3. The predicted octanol–water partition coefficient (Wildman–Crippen LogP) is 4.52. The Kier molecular flexibility index (Phi) is 6.63. The van der Waals surface area contributed by atoms with Crippen molar-refractivity contribution in [2.24, 2.45) is 5.10 Å². The highest BCUT2D eigenvalue weighted by atomic mass is 79.9. The fourth-order valence-electron chi connectivity index (χ4n) is 2.90. The summed E-state index contributed by atoms with van der Waals surface area (Å²) in [5.74, 6) is -0.864. The summed E-state index contributed by atoms with van der Waals surface area (Å²) in [4.78, 5) is 24.3. The van der Waals surface area contributed by atoms with Crippen molar-refractivity contribution in [3.63, 3.8) is 0 Å². The molecule has 0 aliphatic carbocycles. The largest absolute Gasteiger partial charge is 0.493 e. The minimum atomic E-state index is -1.20. The molecule has 0 aromatic heterocycles. The molecule has 2 aromatic carbocycles. The number of methoxy groups -OCH3 is 1. The standard InChI is InChI=1S/C21H15BrClN3O5/c1-11-14(7-12-8-16(22)19(31-6-5-24)18(9-12)30-2)20(27)26(25-11)13-3-4-17(23)15(10-13)21(28)29/h3-4,7-10H,6H2,1-2H3,(H,28,29)/b14-7+. The summed E-state index contributed by atoms with van der Waals surface area (Å²) in [6, 6.07) is 9.50. The van der Waals surface area contributed by atoms with E-state index in [0.29, 0.717) is 32.8 Å². The molecule has 1 N–H and O–H groups in total. The van der Waals surface area contributed by atoms with Gasteiger partial charge in [-0.25, -0.2) is 4.79 Å². The molecular formula is C21H15BrClN3O5. The van der Waals surface area contributed by atoms with Crippen LogP contribution in [0.3, 0.4) is 0 Å². The van der Waals surface area contributed by atoms with E-state index in [-0.39, 0.29) is 22.9 Å². The van der Waals surface area contributed by atoms with Crippen molar-refractivity contribution in [1.82, 2.24) is 0 Å². The highest BCUT2D eigenvalue weighted by molar-refractivity contribution is 9.10. The van der Waals surface area contributed by atoms with Gasteiger partial charge in [-0.1, -0.05) is 11.6 Å². The Balaban J connectivity index is 1.97. The van der Waals surface area contributed by atoms with Gasteiger partial charge in [-0.15, -0.1) is 0 Å². The topological polar surface area (TPSA) is 112 Å². The first-order valence-electron chi connectivity index (χ1n) is 8.78. The maximum Gasteiger partial charge on any atom is 0.337 e. The molecule has 0 saturated carbocycles. The van der Waals surface area contributed by atoms with Crippen molar-refractivity contribution in [2.75, 3.05) is 18.7 Å². The minimum Gasteiger partial charge on any atom is -0.493 e. The Labute approximate surface area is 191 Å². The molecular weight excluding hydrogens is 490 g/mol. The first-order chi connectivity index (χ1) is 14.8. The summed E-state index contributed by atoms with van der Waals surface area (Å²) in [6.45, 7) is 1.53. The molecule has 0 spiro atoms. The van der Waals surface area contributed by atoms with Crippen LogP contribution in [0.2, 0.25) is 5.02 Å². The van der Waals surface area contributed by atoms with E-state index in [4.69, 9.17) is 26.3 Å². The number of carbonyl (C=O) groups excluding carboxylic acids is 1. The van der Waals surface area contributed by atoms with Crippen molar-refractivity contribution >= 4 is 56.9 Å². The van der Waals surface area contributed by atoms with Crippen LogP contribution in [0.1, 0.15) is 22.8 Å². The predicted molar refractivity (Wildman–Crippen MR) is 119 cm³/mol. The van der Waals surface area contributed by atoms with Crippen LogP contribution in [-0.2, 0) is 4.79 Å². The molecule has 0 bridgehead atoms. The molecule has 10 heteroatoms. The van der Waals surface area contributed by atoms with Gasteiger partial charge < -0.3 is 14.6 Å². The molecule has 1 aliphatic rings. The number of carboxylic acids is 1. The van der Waals surface area contributed by atoms with Crippen LogP contribution in [0.5, 0.6) is 11.5 Å². The average Bonchev–Trinajstić information content (AvgIpc) is 3.01. The molecule has 158 valence electrons. The zero-order chi connectivity index (χ0) is 22.7. The number of benzene rings is 2. The highest BCUT2D eigenvalue weighted by Gasteiger charge is 2.29. The van der Waals surface area contributed by atoms with Gasteiger partial charge in [0.15, 0.2) is 18.1 Å². The van der Waals surface area contributed by atoms with Crippen LogP contribution < -0.4 is 14.5 Å². The van der Waals surface area contributed by atoms with E-state index in [2.05, 4.69) is 21.0 Å². The number of halogens is 2. The molecule has 0 unspecified atom stereocenters. The smallest absolute Gasteiger partial charge is 0.337 e. The Morgan fingerprint density at radius 2 is 2.13 bits per heavy atom. The van der Waals surface area contributed by atoms with Crippen molar-refractivity contribution in [1.29, 1.82) is 5.26 Å². The third-order valence-corrected chi connectivity index (χ3v) is 5.25. The molecule has 1 aliphatic heterocycles. The Hall–Kier alpha value is -3.35. The normalized spacial score (nSPS) is 14.4. The Morgan fingerprint density at radius 3 is 2.77 bits per heavy atom. The highest BCUT2D eigenvalue weighted by Crippen LogP contribution is 2.38. The van der Waals surface area contributed by atoms with Gasteiger partial charge in [-0.3, -0.25) is 4.79 Å². The lowest BCUT2D eigenvalue weighted by atomic mass is 10.1. The zero-order valence-corrected chi connectivity index (χ0v) is 18.7. The van der Waals surface area contributed by atoms with Crippen molar-refractivity contribution in [2.45, 2.75) is 6.92 Å². The van der Waals surface area contributed by atoms with Gasteiger partial charge in [-0.2, -0.15) is 15.4 Å². The number of nitriles is 1. The van der Waals surface area contributed by atoms with E-state index in [1.54, 1.807) is 25.1 Å².